The van der Waals surface area contributed by atoms with Gasteiger partial charge in [-0.15, -0.1) is 0 Å². The number of furan rings is 1. The Balaban J connectivity index is 1.80. The first-order chi connectivity index (χ1) is 8.78. The molecule has 2 fully saturated rings. The molecule has 1 aromatic rings. The minimum absolute atomic E-state index is 0.119. The van der Waals surface area contributed by atoms with E-state index >= 15 is 0 Å². The van der Waals surface area contributed by atoms with Crippen LogP contribution in [0, 0.1) is 0 Å². The minimum atomic E-state index is 0.119. The molecule has 1 aromatic heterocycles. The fourth-order valence-electron chi connectivity index (χ4n) is 3.22. The average molecular weight is 250 g/mol. The molecular formula is C14H22N2O2. The predicted octanol–water partition coefficient (Wildman–Crippen LogP) is 1.92. The van der Waals surface area contributed by atoms with Gasteiger partial charge in [-0.3, -0.25) is 4.90 Å². The van der Waals surface area contributed by atoms with Gasteiger partial charge in [-0.25, -0.2) is 0 Å². The van der Waals surface area contributed by atoms with E-state index in [-0.39, 0.29) is 12.1 Å². The number of likely N-dealkylation sites (tertiary alicyclic amines) is 1. The zero-order valence-electron chi connectivity index (χ0n) is 10.9. The summed E-state index contributed by atoms with van der Waals surface area (Å²) in [5, 5.41) is 0. The maximum absolute atomic E-state index is 6.31. The first-order valence-electron chi connectivity index (χ1n) is 6.96. The smallest absolute Gasteiger partial charge is 0.122 e. The van der Waals surface area contributed by atoms with Crippen LogP contribution < -0.4 is 5.73 Å². The molecule has 4 nitrogen and oxygen atoms in total. The number of nitrogens with zero attached hydrogens (tertiary/aromatic N) is 1. The zero-order valence-corrected chi connectivity index (χ0v) is 10.9. The van der Waals surface area contributed by atoms with Gasteiger partial charge in [0.25, 0.3) is 0 Å². The fourth-order valence-corrected chi connectivity index (χ4v) is 3.22. The number of rotatable bonds is 4. The Kier molecular flexibility index (Phi) is 3.41. The summed E-state index contributed by atoms with van der Waals surface area (Å²) in [7, 11) is 0. The molecule has 2 bridgehead atoms. The van der Waals surface area contributed by atoms with Crippen molar-refractivity contribution in [2.45, 2.75) is 50.5 Å². The summed E-state index contributed by atoms with van der Waals surface area (Å²) in [4.78, 5) is 2.46. The van der Waals surface area contributed by atoms with E-state index in [0.29, 0.717) is 12.2 Å². The van der Waals surface area contributed by atoms with Crippen molar-refractivity contribution in [3.63, 3.8) is 0 Å². The Morgan fingerprint density at radius 1 is 1.39 bits per heavy atom. The van der Waals surface area contributed by atoms with E-state index in [1.165, 1.54) is 12.8 Å². The van der Waals surface area contributed by atoms with Crippen molar-refractivity contribution in [3.8, 4) is 0 Å². The maximum atomic E-state index is 6.31. The largest absolute Gasteiger partial charge is 0.468 e. The van der Waals surface area contributed by atoms with Gasteiger partial charge in [0.2, 0.25) is 0 Å². The maximum Gasteiger partial charge on any atom is 0.122 e. The van der Waals surface area contributed by atoms with Crippen molar-refractivity contribution in [2.24, 2.45) is 5.73 Å². The lowest BCUT2D eigenvalue weighted by Gasteiger charge is -2.39. The molecule has 4 heteroatoms. The number of morpholine rings is 1. The van der Waals surface area contributed by atoms with Crippen LogP contribution in [0.15, 0.2) is 22.8 Å². The number of ether oxygens (including phenoxy) is 1. The van der Waals surface area contributed by atoms with E-state index in [9.17, 15) is 0 Å². The second-order valence-electron chi connectivity index (χ2n) is 5.44. The van der Waals surface area contributed by atoms with Gasteiger partial charge in [0, 0.05) is 19.1 Å². The fraction of sp³-hybridized carbons (Fsp3) is 0.714. The number of nitrogens with two attached hydrogens (primary N) is 1. The molecule has 2 aliphatic rings. The van der Waals surface area contributed by atoms with Gasteiger partial charge in [0.1, 0.15) is 5.76 Å². The van der Waals surface area contributed by atoms with Crippen LogP contribution in [0.1, 0.15) is 38.0 Å². The van der Waals surface area contributed by atoms with Crippen LogP contribution in [0.25, 0.3) is 0 Å². The van der Waals surface area contributed by atoms with Gasteiger partial charge in [-0.1, -0.05) is 6.92 Å². The summed E-state index contributed by atoms with van der Waals surface area (Å²) in [5.74, 6) is 0.991. The number of fused-ring (bicyclic) bond motifs is 2. The monoisotopic (exact) mass is 250 g/mol. The lowest BCUT2D eigenvalue weighted by molar-refractivity contribution is -0.0597. The van der Waals surface area contributed by atoms with Crippen LogP contribution in [0.5, 0.6) is 0 Å². The van der Waals surface area contributed by atoms with Crippen molar-refractivity contribution in [1.29, 1.82) is 0 Å². The van der Waals surface area contributed by atoms with Crippen molar-refractivity contribution in [1.82, 2.24) is 4.90 Å². The zero-order chi connectivity index (χ0) is 12.5. The SMILES string of the molecule is CCC(N)C(c1ccco1)N1CC2CCC(C1)O2. The topological polar surface area (TPSA) is 51.6 Å². The third-order valence-corrected chi connectivity index (χ3v) is 4.18. The molecule has 18 heavy (non-hydrogen) atoms. The second-order valence-corrected chi connectivity index (χ2v) is 5.44. The van der Waals surface area contributed by atoms with Crippen LogP contribution in [0.4, 0.5) is 0 Å². The molecule has 2 aliphatic heterocycles. The van der Waals surface area contributed by atoms with Crippen LogP contribution >= 0.6 is 0 Å². The summed E-state index contributed by atoms with van der Waals surface area (Å²) in [6.45, 7) is 4.10. The number of hydrogen-bond acceptors (Lipinski definition) is 4. The average Bonchev–Trinajstić information content (AvgIpc) is 3.00. The Labute approximate surface area is 108 Å². The highest BCUT2D eigenvalue weighted by Crippen LogP contribution is 2.33. The van der Waals surface area contributed by atoms with Crippen molar-refractivity contribution >= 4 is 0 Å². The Morgan fingerprint density at radius 3 is 2.67 bits per heavy atom. The molecule has 0 aromatic carbocycles. The third kappa shape index (κ3) is 2.20. The molecule has 0 aliphatic carbocycles. The summed E-state index contributed by atoms with van der Waals surface area (Å²) in [5.41, 5.74) is 6.31. The van der Waals surface area contributed by atoms with Gasteiger partial charge in [0.15, 0.2) is 0 Å². The second kappa shape index (κ2) is 5.03. The quantitative estimate of drug-likeness (QED) is 0.887. The van der Waals surface area contributed by atoms with E-state index in [1.807, 2.05) is 12.1 Å². The standard InChI is InChI=1S/C14H22N2O2/c1-2-12(15)14(13-4-3-7-17-13)16-8-10-5-6-11(9-16)18-10/h3-4,7,10-12,14H,2,5-6,8-9,15H2,1H3. The van der Waals surface area contributed by atoms with Crippen molar-refractivity contribution < 1.29 is 9.15 Å². The van der Waals surface area contributed by atoms with E-state index in [2.05, 4.69) is 11.8 Å². The molecule has 0 spiro atoms. The molecule has 2 saturated heterocycles. The van der Waals surface area contributed by atoms with Gasteiger partial charge >= 0.3 is 0 Å². The van der Waals surface area contributed by atoms with Crippen LogP contribution in [-0.4, -0.2) is 36.2 Å². The summed E-state index contributed by atoms with van der Waals surface area (Å²) in [6.07, 6.45) is 5.86. The molecule has 0 amide bonds. The van der Waals surface area contributed by atoms with Crippen LogP contribution in [0.3, 0.4) is 0 Å². The van der Waals surface area contributed by atoms with Crippen LogP contribution in [-0.2, 0) is 4.74 Å². The first-order valence-corrected chi connectivity index (χ1v) is 6.96. The molecule has 3 rings (SSSR count). The van der Waals surface area contributed by atoms with Crippen molar-refractivity contribution in [2.75, 3.05) is 13.1 Å². The molecule has 3 heterocycles. The summed E-state index contributed by atoms with van der Waals surface area (Å²) < 4.78 is 11.5. The molecule has 0 radical (unpaired) electrons. The highest BCUT2D eigenvalue weighted by molar-refractivity contribution is 5.09. The Morgan fingerprint density at radius 2 is 2.11 bits per heavy atom. The summed E-state index contributed by atoms with van der Waals surface area (Å²) in [6, 6.07) is 4.29. The van der Waals surface area contributed by atoms with E-state index in [1.54, 1.807) is 6.26 Å². The summed E-state index contributed by atoms with van der Waals surface area (Å²) >= 11 is 0. The molecule has 0 saturated carbocycles. The van der Waals surface area contributed by atoms with Gasteiger partial charge in [-0.05, 0) is 31.4 Å². The molecular weight excluding hydrogens is 228 g/mol. The lowest BCUT2D eigenvalue weighted by Crippen LogP contribution is -2.49. The van der Waals surface area contributed by atoms with Crippen LogP contribution in [0.2, 0.25) is 0 Å². The van der Waals surface area contributed by atoms with Gasteiger partial charge in [0.05, 0.1) is 24.5 Å². The Bertz CT molecular complexity index is 367. The first kappa shape index (κ1) is 12.2. The minimum Gasteiger partial charge on any atom is -0.468 e. The van der Waals surface area contributed by atoms with Gasteiger partial charge < -0.3 is 14.9 Å². The highest BCUT2D eigenvalue weighted by Gasteiger charge is 2.39. The molecule has 2 N–H and O–H groups in total. The molecule has 4 unspecified atom stereocenters. The highest BCUT2D eigenvalue weighted by atomic mass is 16.5. The Hall–Kier alpha value is -0.840. The number of hydrogen-bond donors (Lipinski definition) is 1. The predicted molar refractivity (Wildman–Crippen MR) is 69.2 cm³/mol. The lowest BCUT2D eigenvalue weighted by atomic mass is 10.0. The third-order valence-electron chi connectivity index (χ3n) is 4.18. The normalized spacial score (nSPS) is 31.4. The van der Waals surface area contributed by atoms with E-state index in [4.69, 9.17) is 14.9 Å². The molecule has 100 valence electrons. The molecule has 4 atom stereocenters. The van der Waals surface area contributed by atoms with E-state index in [0.717, 1.165) is 25.3 Å². The van der Waals surface area contributed by atoms with Crippen molar-refractivity contribution in [3.05, 3.63) is 24.2 Å². The van der Waals surface area contributed by atoms with Gasteiger partial charge in [-0.2, -0.15) is 0 Å². The van der Waals surface area contributed by atoms with E-state index < -0.39 is 0 Å².